The first kappa shape index (κ1) is 10.5. The summed E-state index contributed by atoms with van der Waals surface area (Å²) < 4.78 is 0. The fourth-order valence-corrected chi connectivity index (χ4v) is 1.08. The van der Waals surface area contributed by atoms with Crippen molar-refractivity contribution in [1.29, 1.82) is 5.26 Å². The minimum atomic E-state index is -0.0444. The Morgan fingerprint density at radius 2 is 2.50 bits per heavy atom. The van der Waals surface area contributed by atoms with Crippen molar-refractivity contribution in [2.45, 2.75) is 19.4 Å². The van der Waals surface area contributed by atoms with E-state index in [-0.39, 0.29) is 12.6 Å². The van der Waals surface area contributed by atoms with Gasteiger partial charge in [0.1, 0.15) is 11.9 Å². The summed E-state index contributed by atoms with van der Waals surface area (Å²) in [7, 11) is 0. The third-order valence-corrected chi connectivity index (χ3v) is 1.98. The van der Waals surface area contributed by atoms with E-state index in [1.54, 1.807) is 18.3 Å². The lowest BCUT2D eigenvalue weighted by Gasteiger charge is -2.14. The van der Waals surface area contributed by atoms with Gasteiger partial charge in [0.25, 0.3) is 0 Å². The Bertz CT molecular complexity index is 328. The third-order valence-electron chi connectivity index (χ3n) is 1.98. The maximum absolute atomic E-state index is 8.98. The predicted octanol–water partition coefficient (Wildman–Crippen LogP) is 1.14. The van der Waals surface area contributed by atoms with Crippen LogP contribution in [0.15, 0.2) is 18.3 Å². The van der Waals surface area contributed by atoms with Gasteiger partial charge in [-0.15, -0.1) is 0 Å². The summed E-state index contributed by atoms with van der Waals surface area (Å²) in [6.07, 6.45) is 2.41. The molecule has 0 aliphatic rings. The largest absolute Gasteiger partial charge is 0.394 e. The third kappa shape index (κ3) is 2.44. The van der Waals surface area contributed by atoms with E-state index in [1.807, 2.05) is 13.0 Å². The van der Waals surface area contributed by atoms with Gasteiger partial charge >= 0.3 is 0 Å². The number of nitrogens with zero attached hydrogens (tertiary/aromatic N) is 2. The molecule has 1 rings (SSSR count). The summed E-state index contributed by atoms with van der Waals surface area (Å²) in [4.78, 5) is 4.04. The molecule has 0 bridgehead atoms. The molecule has 4 nitrogen and oxygen atoms in total. The maximum atomic E-state index is 8.98. The molecule has 2 N–H and O–H groups in total. The molecule has 1 unspecified atom stereocenters. The normalized spacial score (nSPS) is 11.8. The molecule has 0 aliphatic heterocycles. The quantitative estimate of drug-likeness (QED) is 0.748. The van der Waals surface area contributed by atoms with Crippen molar-refractivity contribution in [1.82, 2.24) is 4.98 Å². The number of hydrogen-bond donors (Lipinski definition) is 2. The second-order valence-corrected chi connectivity index (χ2v) is 2.94. The average Bonchev–Trinajstić information content (AvgIpc) is 2.26. The molecule has 0 amide bonds. The molecule has 0 aliphatic carbocycles. The number of aliphatic hydroxyl groups is 1. The van der Waals surface area contributed by atoms with Crippen molar-refractivity contribution in [2.75, 3.05) is 11.9 Å². The minimum absolute atomic E-state index is 0.0396. The lowest BCUT2D eigenvalue weighted by molar-refractivity contribution is 0.271. The monoisotopic (exact) mass is 191 g/mol. The van der Waals surface area contributed by atoms with E-state index in [2.05, 4.69) is 10.3 Å². The molecule has 14 heavy (non-hydrogen) atoms. The molecule has 4 heteroatoms. The molecule has 0 spiro atoms. The molecule has 1 heterocycles. The first-order valence-electron chi connectivity index (χ1n) is 4.54. The molecule has 0 fully saturated rings. The van der Waals surface area contributed by atoms with Crippen LogP contribution in [-0.4, -0.2) is 22.7 Å². The van der Waals surface area contributed by atoms with Gasteiger partial charge in [-0.2, -0.15) is 5.26 Å². The van der Waals surface area contributed by atoms with Gasteiger partial charge in [0, 0.05) is 6.20 Å². The van der Waals surface area contributed by atoms with Gasteiger partial charge in [0.2, 0.25) is 0 Å². The van der Waals surface area contributed by atoms with Gasteiger partial charge in [-0.05, 0) is 18.6 Å². The Labute approximate surface area is 83.2 Å². The number of aliphatic hydroxyl groups excluding tert-OH is 1. The summed E-state index contributed by atoms with van der Waals surface area (Å²) in [5.74, 6) is 0.538. The van der Waals surface area contributed by atoms with Gasteiger partial charge in [0.05, 0.1) is 18.2 Å². The Hall–Kier alpha value is -1.60. The minimum Gasteiger partial charge on any atom is -0.394 e. The van der Waals surface area contributed by atoms with Crippen LogP contribution >= 0.6 is 0 Å². The molecule has 1 aromatic rings. The van der Waals surface area contributed by atoms with Crippen LogP contribution < -0.4 is 5.32 Å². The fourth-order valence-electron chi connectivity index (χ4n) is 1.08. The molecule has 0 saturated carbocycles. The first-order chi connectivity index (χ1) is 6.81. The van der Waals surface area contributed by atoms with E-state index in [0.29, 0.717) is 11.4 Å². The molecule has 74 valence electrons. The van der Waals surface area contributed by atoms with Crippen LogP contribution in [0, 0.1) is 11.3 Å². The van der Waals surface area contributed by atoms with Gasteiger partial charge < -0.3 is 10.4 Å². The molecular weight excluding hydrogens is 178 g/mol. The summed E-state index contributed by atoms with van der Waals surface area (Å²) in [5.41, 5.74) is 0.499. The zero-order valence-electron chi connectivity index (χ0n) is 8.07. The molecule has 0 radical (unpaired) electrons. The van der Waals surface area contributed by atoms with E-state index in [9.17, 15) is 0 Å². The standard InChI is InChI=1S/C10H13N3O/c1-2-9(7-14)13-10-8(6-11)4-3-5-12-10/h3-5,9,14H,2,7H2,1H3,(H,12,13). The summed E-state index contributed by atoms with van der Waals surface area (Å²) in [6.45, 7) is 2.00. The van der Waals surface area contributed by atoms with Crippen LogP contribution in [0.3, 0.4) is 0 Å². The smallest absolute Gasteiger partial charge is 0.144 e. The summed E-state index contributed by atoms with van der Waals surface area (Å²) in [6, 6.07) is 5.40. The van der Waals surface area contributed by atoms with Gasteiger partial charge in [-0.25, -0.2) is 4.98 Å². The summed E-state index contributed by atoms with van der Waals surface area (Å²) in [5, 5.41) is 20.8. The lowest BCUT2D eigenvalue weighted by atomic mass is 10.2. The highest BCUT2D eigenvalue weighted by molar-refractivity contribution is 5.51. The van der Waals surface area contributed by atoms with E-state index in [1.165, 1.54) is 0 Å². The number of nitrogens with one attached hydrogen (secondary N) is 1. The second kappa shape index (κ2) is 5.20. The fraction of sp³-hybridized carbons (Fsp3) is 0.400. The predicted molar refractivity (Wildman–Crippen MR) is 53.7 cm³/mol. The number of anilines is 1. The molecule has 1 aromatic heterocycles. The topological polar surface area (TPSA) is 68.9 Å². The van der Waals surface area contributed by atoms with Crippen molar-refractivity contribution in [3.8, 4) is 6.07 Å². The van der Waals surface area contributed by atoms with Crippen molar-refractivity contribution in [2.24, 2.45) is 0 Å². The van der Waals surface area contributed by atoms with Crippen LogP contribution in [0.5, 0.6) is 0 Å². The number of pyridine rings is 1. The van der Waals surface area contributed by atoms with Crippen LogP contribution in [0.4, 0.5) is 5.82 Å². The van der Waals surface area contributed by atoms with Crippen molar-refractivity contribution < 1.29 is 5.11 Å². The zero-order chi connectivity index (χ0) is 10.4. The highest BCUT2D eigenvalue weighted by Gasteiger charge is 2.07. The molecule has 0 saturated heterocycles. The molecule has 0 aromatic carbocycles. The number of hydrogen-bond acceptors (Lipinski definition) is 4. The lowest BCUT2D eigenvalue weighted by Crippen LogP contribution is -2.23. The van der Waals surface area contributed by atoms with Crippen molar-refractivity contribution in [3.63, 3.8) is 0 Å². The van der Waals surface area contributed by atoms with Gasteiger partial charge in [0.15, 0.2) is 0 Å². The first-order valence-corrected chi connectivity index (χ1v) is 4.54. The van der Waals surface area contributed by atoms with E-state index < -0.39 is 0 Å². The Balaban J connectivity index is 2.80. The Morgan fingerprint density at radius 1 is 1.71 bits per heavy atom. The second-order valence-electron chi connectivity index (χ2n) is 2.94. The number of aromatic nitrogens is 1. The molecular formula is C10H13N3O. The number of nitriles is 1. The van der Waals surface area contributed by atoms with Gasteiger partial charge in [-0.3, -0.25) is 0 Å². The molecule has 1 atom stereocenters. The van der Waals surface area contributed by atoms with E-state index in [4.69, 9.17) is 10.4 Å². The van der Waals surface area contributed by atoms with E-state index >= 15 is 0 Å². The SMILES string of the molecule is CCC(CO)Nc1ncccc1C#N. The van der Waals surface area contributed by atoms with Crippen LogP contribution in [0.1, 0.15) is 18.9 Å². The Kier molecular flexibility index (Phi) is 3.89. The van der Waals surface area contributed by atoms with Crippen LogP contribution in [-0.2, 0) is 0 Å². The average molecular weight is 191 g/mol. The van der Waals surface area contributed by atoms with Crippen molar-refractivity contribution in [3.05, 3.63) is 23.9 Å². The van der Waals surface area contributed by atoms with Crippen LogP contribution in [0.25, 0.3) is 0 Å². The maximum Gasteiger partial charge on any atom is 0.144 e. The Morgan fingerprint density at radius 3 is 3.07 bits per heavy atom. The highest BCUT2D eigenvalue weighted by Crippen LogP contribution is 2.11. The van der Waals surface area contributed by atoms with Crippen molar-refractivity contribution >= 4 is 5.82 Å². The van der Waals surface area contributed by atoms with Crippen LogP contribution in [0.2, 0.25) is 0 Å². The van der Waals surface area contributed by atoms with Gasteiger partial charge in [-0.1, -0.05) is 6.92 Å². The zero-order valence-corrected chi connectivity index (χ0v) is 8.07. The number of rotatable bonds is 4. The summed E-state index contributed by atoms with van der Waals surface area (Å²) >= 11 is 0. The van der Waals surface area contributed by atoms with E-state index in [0.717, 1.165) is 6.42 Å². The highest BCUT2D eigenvalue weighted by atomic mass is 16.3.